The van der Waals surface area contributed by atoms with Crippen molar-refractivity contribution in [1.82, 2.24) is 0 Å². The van der Waals surface area contributed by atoms with Crippen molar-refractivity contribution in [3.63, 3.8) is 0 Å². The van der Waals surface area contributed by atoms with Crippen molar-refractivity contribution in [2.75, 3.05) is 5.32 Å². The molecular weight excluding hydrogens is 339 g/mol. The molecule has 126 valence electrons. The highest BCUT2D eigenvalue weighted by atomic mass is 19.2. The van der Waals surface area contributed by atoms with Gasteiger partial charge in [-0.05, 0) is 6.07 Å². The Kier molecular flexibility index (Phi) is 4.77. The lowest BCUT2D eigenvalue weighted by Crippen LogP contribution is -2.18. The van der Waals surface area contributed by atoms with Crippen LogP contribution in [0.3, 0.4) is 0 Å². The number of nitro groups is 1. The van der Waals surface area contributed by atoms with Gasteiger partial charge in [0.25, 0.3) is 5.69 Å². The molecule has 0 saturated carbocycles. The van der Waals surface area contributed by atoms with E-state index in [1.54, 1.807) is 0 Å². The van der Waals surface area contributed by atoms with Crippen LogP contribution in [0, 0.1) is 39.2 Å². The first-order valence-corrected chi connectivity index (χ1v) is 6.27. The maximum absolute atomic E-state index is 13.5. The van der Waals surface area contributed by atoms with Gasteiger partial charge in [0.2, 0.25) is 11.7 Å². The van der Waals surface area contributed by atoms with Crippen LogP contribution >= 0.6 is 0 Å². The van der Waals surface area contributed by atoms with E-state index in [0.717, 1.165) is 12.1 Å². The lowest BCUT2D eigenvalue weighted by atomic mass is 10.1. The summed E-state index contributed by atoms with van der Waals surface area (Å²) in [7, 11) is 0. The first kappa shape index (κ1) is 17.3. The van der Waals surface area contributed by atoms with Crippen LogP contribution in [0.1, 0.15) is 5.56 Å². The molecule has 0 aliphatic heterocycles. The largest absolute Gasteiger partial charge is 0.326 e. The number of amides is 1. The second kappa shape index (κ2) is 6.60. The van der Waals surface area contributed by atoms with Gasteiger partial charge in [-0.3, -0.25) is 14.9 Å². The van der Waals surface area contributed by atoms with Gasteiger partial charge < -0.3 is 5.32 Å². The molecule has 2 aromatic carbocycles. The summed E-state index contributed by atoms with van der Waals surface area (Å²) in [5.41, 5.74) is -1.73. The molecule has 0 spiro atoms. The molecule has 0 atom stereocenters. The van der Waals surface area contributed by atoms with Gasteiger partial charge in [0.05, 0.1) is 11.3 Å². The summed E-state index contributed by atoms with van der Waals surface area (Å²) < 4.78 is 66.0. The second-order valence-electron chi connectivity index (χ2n) is 4.58. The molecule has 10 heteroatoms. The van der Waals surface area contributed by atoms with Crippen molar-refractivity contribution in [3.05, 3.63) is 69.0 Å². The number of hydrogen-bond donors (Lipinski definition) is 1. The monoisotopic (exact) mass is 346 g/mol. The van der Waals surface area contributed by atoms with Crippen LogP contribution in [0.4, 0.5) is 33.3 Å². The average molecular weight is 346 g/mol. The normalized spacial score (nSPS) is 10.5. The first-order valence-electron chi connectivity index (χ1n) is 6.27. The summed E-state index contributed by atoms with van der Waals surface area (Å²) >= 11 is 0. The SMILES string of the molecule is O=C(Cc1c(F)c(F)c(F)c(F)c1F)Nc1cccc([N+](=O)[O-])c1. The highest BCUT2D eigenvalue weighted by molar-refractivity contribution is 5.92. The molecule has 0 fully saturated rings. The van der Waals surface area contributed by atoms with E-state index in [0.29, 0.717) is 0 Å². The van der Waals surface area contributed by atoms with E-state index < -0.39 is 51.9 Å². The first-order chi connectivity index (χ1) is 11.2. The molecule has 1 amide bonds. The predicted molar refractivity (Wildman–Crippen MR) is 71.7 cm³/mol. The molecule has 0 unspecified atom stereocenters. The number of carbonyl (C=O) groups is 1. The number of nitro benzene ring substituents is 1. The van der Waals surface area contributed by atoms with Crippen molar-refractivity contribution in [2.45, 2.75) is 6.42 Å². The smallest absolute Gasteiger partial charge is 0.271 e. The Balaban J connectivity index is 2.25. The lowest BCUT2D eigenvalue weighted by molar-refractivity contribution is -0.384. The average Bonchev–Trinajstić information content (AvgIpc) is 2.55. The number of rotatable bonds is 4. The Morgan fingerprint density at radius 2 is 1.54 bits per heavy atom. The molecule has 0 bridgehead atoms. The Hall–Kier alpha value is -3.04. The summed E-state index contributed by atoms with van der Waals surface area (Å²) in [5.74, 6) is -12.0. The van der Waals surface area contributed by atoms with Gasteiger partial charge in [0.15, 0.2) is 23.3 Å². The molecule has 0 saturated heterocycles. The fraction of sp³-hybridized carbons (Fsp3) is 0.0714. The molecular formula is C14H7F5N2O3. The van der Waals surface area contributed by atoms with E-state index in [9.17, 15) is 36.9 Å². The van der Waals surface area contributed by atoms with Gasteiger partial charge in [0.1, 0.15) is 0 Å². The molecule has 0 aliphatic carbocycles. The van der Waals surface area contributed by atoms with Gasteiger partial charge in [-0.1, -0.05) is 6.07 Å². The zero-order chi connectivity index (χ0) is 18.0. The number of hydrogen-bond acceptors (Lipinski definition) is 3. The molecule has 1 N–H and O–H groups in total. The van der Waals surface area contributed by atoms with Crippen molar-refractivity contribution in [3.8, 4) is 0 Å². The van der Waals surface area contributed by atoms with E-state index >= 15 is 0 Å². The number of benzene rings is 2. The van der Waals surface area contributed by atoms with Crippen LogP contribution in [-0.4, -0.2) is 10.8 Å². The van der Waals surface area contributed by atoms with Crippen LogP contribution in [-0.2, 0) is 11.2 Å². The van der Waals surface area contributed by atoms with Crippen molar-refractivity contribution in [2.24, 2.45) is 0 Å². The summed E-state index contributed by atoms with van der Waals surface area (Å²) in [6.45, 7) is 0. The number of nitrogens with zero attached hydrogens (tertiary/aromatic N) is 1. The molecule has 0 aliphatic rings. The maximum Gasteiger partial charge on any atom is 0.271 e. The fourth-order valence-electron chi connectivity index (χ4n) is 1.87. The van der Waals surface area contributed by atoms with E-state index in [2.05, 4.69) is 5.32 Å². The summed E-state index contributed by atoms with van der Waals surface area (Å²) in [5, 5.41) is 12.7. The Bertz CT molecular complexity index is 812. The second-order valence-corrected chi connectivity index (χ2v) is 4.58. The number of halogens is 5. The topological polar surface area (TPSA) is 72.2 Å². The van der Waals surface area contributed by atoms with Crippen molar-refractivity contribution >= 4 is 17.3 Å². The summed E-state index contributed by atoms with van der Waals surface area (Å²) in [6.07, 6.45) is -1.14. The summed E-state index contributed by atoms with van der Waals surface area (Å²) in [4.78, 5) is 21.6. The minimum absolute atomic E-state index is 0.0712. The third-order valence-corrected chi connectivity index (χ3v) is 2.98. The Morgan fingerprint density at radius 3 is 2.08 bits per heavy atom. The number of anilines is 1. The van der Waals surface area contributed by atoms with Crippen LogP contribution in [0.5, 0.6) is 0 Å². The van der Waals surface area contributed by atoms with Crippen LogP contribution < -0.4 is 5.32 Å². The van der Waals surface area contributed by atoms with Gasteiger partial charge in [-0.15, -0.1) is 0 Å². The van der Waals surface area contributed by atoms with E-state index in [1.165, 1.54) is 12.1 Å². The van der Waals surface area contributed by atoms with Crippen LogP contribution in [0.15, 0.2) is 24.3 Å². The van der Waals surface area contributed by atoms with Crippen molar-refractivity contribution in [1.29, 1.82) is 0 Å². The van der Waals surface area contributed by atoms with E-state index in [-0.39, 0.29) is 11.4 Å². The number of nitrogens with one attached hydrogen (secondary N) is 1. The number of non-ortho nitro benzene ring substituents is 1. The third-order valence-electron chi connectivity index (χ3n) is 2.98. The third kappa shape index (κ3) is 3.31. The molecule has 2 rings (SSSR count). The predicted octanol–water partition coefficient (Wildman–Crippen LogP) is 3.47. The zero-order valence-electron chi connectivity index (χ0n) is 11.6. The van der Waals surface area contributed by atoms with Crippen molar-refractivity contribution < 1.29 is 31.7 Å². The minimum Gasteiger partial charge on any atom is -0.326 e. The van der Waals surface area contributed by atoms with Gasteiger partial charge in [-0.2, -0.15) is 0 Å². The van der Waals surface area contributed by atoms with Gasteiger partial charge >= 0.3 is 0 Å². The minimum atomic E-state index is -2.33. The highest BCUT2D eigenvalue weighted by Gasteiger charge is 2.26. The molecule has 24 heavy (non-hydrogen) atoms. The summed E-state index contributed by atoms with van der Waals surface area (Å²) in [6, 6.07) is 4.60. The van der Waals surface area contributed by atoms with E-state index in [1.807, 2.05) is 0 Å². The molecule has 0 radical (unpaired) electrons. The van der Waals surface area contributed by atoms with Gasteiger partial charge in [-0.25, -0.2) is 22.0 Å². The standard InChI is InChI=1S/C14H7F5N2O3/c15-10-8(11(16)13(18)14(19)12(10)17)5-9(22)20-6-2-1-3-7(4-6)21(23)24/h1-4H,5H2,(H,20,22). The zero-order valence-corrected chi connectivity index (χ0v) is 11.6. The van der Waals surface area contributed by atoms with Crippen LogP contribution in [0.25, 0.3) is 0 Å². The van der Waals surface area contributed by atoms with E-state index in [4.69, 9.17) is 0 Å². The van der Waals surface area contributed by atoms with Gasteiger partial charge in [0, 0.05) is 23.4 Å². The molecule has 0 heterocycles. The molecule has 5 nitrogen and oxygen atoms in total. The Labute approximate surface area is 130 Å². The van der Waals surface area contributed by atoms with Crippen LogP contribution in [0.2, 0.25) is 0 Å². The maximum atomic E-state index is 13.5. The lowest BCUT2D eigenvalue weighted by Gasteiger charge is -2.09. The number of carbonyl (C=O) groups excluding carboxylic acids is 1. The molecule has 2 aromatic rings. The molecule has 0 aromatic heterocycles. The quantitative estimate of drug-likeness (QED) is 0.303. The fourth-order valence-corrected chi connectivity index (χ4v) is 1.87. The highest BCUT2D eigenvalue weighted by Crippen LogP contribution is 2.24. The Morgan fingerprint density at radius 1 is 1.00 bits per heavy atom.